The summed E-state index contributed by atoms with van der Waals surface area (Å²) in [6, 6.07) is 19.0. The maximum atomic E-state index is 13.4. The van der Waals surface area contributed by atoms with Crippen LogP contribution in [0, 0.1) is 0 Å². The van der Waals surface area contributed by atoms with Gasteiger partial charge in [-0.05, 0) is 60.5 Å². The molecule has 0 fully saturated rings. The molecular formula is C25H22Cl2N4O2. The Labute approximate surface area is 201 Å². The number of aryl methyl sites for hydroxylation is 1. The molecule has 2 N–H and O–H groups in total. The minimum atomic E-state index is -0.438. The van der Waals surface area contributed by atoms with E-state index in [1.807, 2.05) is 25.1 Å². The molecule has 0 aliphatic heterocycles. The Hall–Kier alpha value is -3.35. The average Bonchev–Trinajstić information content (AvgIpc) is 2.77. The van der Waals surface area contributed by atoms with E-state index < -0.39 is 6.03 Å². The number of anilines is 2. The van der Waals surface area contributed by atoms with Crippen LogP contribution >= 0.6 is 23.2 Å². The van der Waals surface area contributed by atoms with Crippen molar-refractivity contribution in [3.05, 3.63) is 98.5 Å². The Kier molecular flexibility index (Phi) is 6.96. The van der Waals surface area contributed by atoms with Crippen molar-refractivity contribution in [2.75, 3.05) is 10.6 Å². The predicted octanol–water partition coefficient (Wildman–Crippen LogP) is 6.35. The zero-order chi connectivity index (χ0) is 23.4. The molecule has 8 heteroatoms. The second kappa shape index (κ2) is 10.1. The highest BCUT2D eigenvalue weighted by atomic mass is 35.5. The van der Waals surface area contributed by atoms with E-state index in [1.165, 1.54) is 0 Å². The van der Waals surface area contributed by atoms with Gasteiger partial charge in [0.1, 0.15) is 5.82 Å². The van der Waals surface area contributed by atoms with Gasteiger partial charge in [0.15, 0.2) is 0 Å². The molecule has 0 radical (unpaired) electrons. The summed E-state index contributed by atoms with van der Waals surface area (Å²) in [4.78, 5) is 30.6. The highest BCUT2D eigenvalue weighted by Crippen LogP contribution is 2.19. The van der Waals surface area contributed by atoms with Gasteiger partial charge in [0.05, 0.1) is 17.4 Å². The van der Waals surface area contributed by atoms with Gasteiger partial charge in [-0.2, -0.15) is 0 Å². The van der Waals surface area contributed by atoms with Crippen molar-refractivity contribution in [1.82, 2.24) is 9.55 Å². The lowest BCUT2D eigenvalue weighted by Gasteiger charge is -2.14. The van der Waals surface area contributed by atoms with E-state index in [0.29, 0.717) is 45.3 Å². The number of fused-ring (bicyclic) bond motifs is 1. The van der Waals surface area contributed by atoms with Gasteiger partial charge in [0.25, 0.3) is 5.56 Å². The van der Waals surface area contributed by atoms with Crippen molar-refractivity contribution in [2.24, 2.45) is 0 Å². The molecule has 168 valence electrons. The first kappa shape index (κ1) is 22.8. The standard InChI is InChI=1S/C25H22Cl2N4O2/c1-2-5-23-30-22-11-10-20(29-25(33)28-19-9-4-8-18(27)13-19)14-21(22)24(32)31(23)15-16-6-3-7-17(26)12-16/h3-4,6-14H,2,5,15H2,1H3,(H2,28,29,33). The second-order valence-corrected chi connectivity index (χ2v) is 8.49. The molecule has 33 heavy (non-hydrogen) atoms. The van der Waals surface area contributed by atoms with Gasteiger partial charge in [-0.3, -0.25) is 9.36 Å². The van der Waals surface area contributed by atoms with Gasteiger partial charge < -0.3 is 10.6 Å². The largest absolute Gasteiger partial charge is 0.323 e. The van der Waals surface area contributed by atoms with Crippen LogP contribution in [0.5, 0.6) is 0 Å². The molecule has 3 aromatic carbocycles. The minimum absolute atomic E-state index is 0.165. The van der Waals surface area contributed by atoms with Crippen LogP contribution in [0.25, 0.3) is 10.9 Å². The molecule has 0 saturated heterocycles. The number of aromatic nitrogens is 2. The summed E-state index contributed by atoms with van der Waals surface area (Å²) in [7, 11) is 0. The summed E-state index contributed by atoms with van der Waals surface area (Å²) in [6.45, 7) is 2.41. The molecule has 1 heterocycles. The molecule has 4 aromatic rings. The Bertz CT molecular complexity index is 1380. The lowest BCUT2D eigenvalue weighted by molar-refractivity contribution is 0.262. The highest BCUT2D eigenvalue weighted by Gasteiger charge is 2.13. The number of rotatable bonds is 6. The van der Waals surface area contributed by atoms with E-state index in [4.69, 9.17) is 28.2 Å². The van der Waals surface area contributed by atoms with E-state index in [9.17, 15) is 9.59 Å². The van der Waals surface area contributed by atoms with Crippen molar-refractivity contribution in [3.8, 4) is 0 Å². The monoisotopic (exact) mass is 480 g/mol. The zero-order valence-corrected chi connectivity index (χ0v) is 19.5. The Morgan fingerprint density at radius 2 is 1.64 bits per heavy atom. The van der Waals surface area contributed by atoms with Crippen LogP contribution in [-0.4, -0.2) is 15.6 Å². The Morgan fingerprint density at radius 1 is 0.939 bits per heavy atom. The van der Waals surface area contributed by atoms with Crippen molar-refractivity contribution >= 4 is 51.5 Å². The third-order valence-electron chi connectivity index (χ3n) is 5.08. The first-order valence-electron chi connectivity index (χ1n) is 10.5. The van der Waals surface area contributed by atoms with Crippen LogP contribution in [0.4, 0.5) is 16.2 Å². The molecular weight excluding hydrogens is 459 g/mol. The van der Waals surface area contributed by atoms with E-state index in [0.717, 1.165) is 17.8 Å². The quantitative estimate of drug-likeness (QED) is 0.337. The zero-order valence-electron chi connectivity index (χ0n) is 17.9. The Balaban J connectivity index is 1.66. The number of hydrogen-bond acceptors (Lipinski definition) is 3. The molecule has 0 bridgehead atoms. The van der Waals surface area contributed by atoms with Gasteiger partial charge in [-0.15, -0.1) is 0 Å². The van der Waals surface area contributed by atoms with Crippen molar-refractivity contribution in [1.29, 1.82) is 0 Å². The average molecular weight is 481 g/mol. The van der Waals surface area contributed by atoms with E-state index in [1.54, 1.807) is 53.1 Å². The molecule has 0 aliphatic rings. The second-order valence-electron chi connectivity index (χ2n) is 7.62. The topological polar surface area (TPSA) is 76.0 Å². The summed E-state index contributed by atoms with van der Waals surface area (Å²) < 4.78 is 1.67. The first-order chi connectivity index (χ1) is 15.9. The molecule has 1 aromatic heterocycles. The van der Waals surface area contributed by atoms with Gasteiger partial charge in [0, 0.05) is 27.8 Å². The van der Waals surface area contributed by atoms with Gasteiger partial charge in [-0.25, -0.2) is 9.78 Å². The number of halogens is 2. The summed E-state index contributed by atoms with van der Waals surface area (Å²) in [5.74, 6) is 0.717. The Morgan fingerprint density at radius 3 is 2.33 bits per heavy atom. The predicted molar refractivity (Wildman–Crippen MR) is 135 cm³/mol. The first-order valence-corrected chi connectivity index (χ1v) is 11.3. The summed E-state index contributed by atoms with van der Waals surface area (Å²) in [5, 5.41) is 7.05. The third-order valence-corrected chi connectivity index (χ3v) is 5.55. The number of benzene rings is 3. The third kappa shape index (κ3) is 5.53. The fourth-order valence-electron chi connectivity index (χ4n) is 3.60. The fraction of sp³-hybridized carbons (Fsp3) is 0.160. The molecule has 4 rings (SSSR count). The summed E-state index contributed by atoms with van der Waals surface area (Å²) in [5.41, 5.74) is 2.39. The number of urea groups is 1. The number of carbonyl (C=O) groups is 1. The molecule has 0 unspecified atom stereocenters. The van der Waals surface area contributed by atoms with Gasteiger partial charge in [-0.1, -0.05) is 48.3 Å². The van der Waals surface area contributed by atoms with Gasteiger partial charge >= 0.3 is 6.03 Å². The molecule has 2 amide bonds. The van der Waals surface area contributed by atoms with Crippen molar-refractivity contribution in [3.63, 3.8) is 0 Å². The number of hydrogen-bond donors (Lipinski definition) is 2. The number of nitrogens with zero attached hydrogens (tertiary/aromatic N) is 2. The highest BCUT2D eigenvalue weighted by molar-refractivity contribution is 6.31. The van der Waals surface area contributed by atoms with E-state index >= 15 is 0 Å². The van der Waals surface area contributed by atoms with Crippen LogP contribution in [-0.2, 0) is 13.0 Å². The molecule has 6 nitrogen and oxygen atoms in total. The maximum absolute atomic E-state index is 13.4. The fourth-order valence-corrected chi connectivity index (χ4v) is 4.00. The van der Waals surface area contributed by atoms with E-state index in [-0.39, 0.29) is 5.56 Å². The van der Waals surface area contributed by atoms with Crippen LogP contribution in [0.1, 0.15) is 24.7 Å². The van der Waals surface area contributed by atoms with Crippen molar-refractivity contribution in [2.45, 2.75) is 26.3 Å². The molecule has 0 atom stereocenters. The smallest absolute Gasteiger partial charge is 0.308 e. The molecule has 0 saturated carbocycles. The summed E-state index contributed by atoms with van der Waals surface area (Å²) >= 11 is 12.1. The van der Waals surface area contributed by atoms with Crippen LogP contribution in [0.3, 0.4) is 0 Å². The minimum Gasteiger partial charge on any atom is -0.308 e. The van der Waals surface area contributed by atoms with Crippen LogP contribution in [0.2, 0.25) is 10.0 Å². The lowest BCUT2D eigenvalue weighted by Crippen LogP contribution is -2.26. The number of nitrogens with one attached hydrogen (secondary N) is 2. The van der Waals surface area contributed by atoms with Crippen molar-refractivity contribution < 1.29 is 4.79 Å². The maximum Gasteiger partial charge on any atom is 0.323 e. The van der Waals surface area contributed by atoms with Crippen LogP contribution in [0.15, 0.2) is 71.5 Å². The number of amides is 2. The normalized spacial score (nSPS) is 10.9. The SMILES string of the molecule is CCCc1nc2ccc(NC(=O)Nc3cccc(Cl)c3)cc2c(=O)n1Cc1cccc(Cl)c1. The van der Waals surface area contributed by atoms with E-state index in [2.05, 4.69) is 10.6 Å². The number of carbonyl (C=O) groups excluding carboxylic acids is 1. The summed E-state index contributed by atoms with van der Waals surface area (Å²) in [6.07, 6.45) is 1.53. The molecule has 0 aliphatic carbocycles. The molecule has 0 spiro atoms. The lowest BCUT2D eigenvalue weighted by atomic mass is 10.1. The van der Waals surface area contributed by atoms with Gasteiger partial charge in [0.2, 0.25) is 0 Å². The van der Waals surface area contributed by atoms with Crippen LogP contribution < -0.4 is 16.2 Å².